The van der Waals surface area contributed by atoms with Gasteiger partial charge in [-0.1, -0.05) is 17.7 Å². The SMILES string of the molecule is [B]CC1CSP(C)(=O)CO1. The summed E-state index contributed by atoms with van der Waals surface area (Å²) in [5.41, 5.74) is 0. The van der Waals surface area contributed by atoms with Crippen molar-refractivity contribution in [2.75, 3.05) is 18.8 Å². The summed E-state index contributed by atoms with van der Waals surface area (Å²) in [5.74, 6) is 0.782. The van der Waals surface area contributed by atoms with Crippen molar-refractivity contribution in [1.29, 1.82) is 0 Å². The van der Waals surface area contributed by atoms with Crippen LogP contribution in [0.1, 0.15) is 0 Å². The molecular weight excluding hydrogens is 166 g/mol. The third kappa shape index (κ3) is 2.33. The van der Waals surface area contributed by atoms with Crippen LogP contribution in [0.4, 0.5) is 0 Å². The van der Waals surface area contributed by atoms with Gasteiger partial charge in [0, 0.05) is 12.4 Å². The Kier molecular flexibility index (Phi) is 2.90. The number of hydrogen-bond donors (Lipinski definition) is 0. The smallest absolute Gasteiger partial charge is 0.160 e. The van der Waals surface area contributed by atoms with Crippen LogP contribution in [0, 0.1) is 0 Å². The van der Waals surface area contributed by atoms with Gasteiger partial charge in [-0.25, -0.2) is 0 Å². The van der Waals surface area contributed by atoms with E-state index in [4.69, 9.17) is 12.6 Å². The molecule has 2 unspecified atom stereocenters. The van der Waals surface area contributed by atoms with Crippen molar-refractivity contribution < 1.29 is 9.30 Å². The van der Waals surface area contributed by atoms with E-state index in [2.05, 4.69) is 0 Å². The second-order valence-corrected chi connectivity index (χ2v) is 8.43. The first-order valence-corrected chi connectivity index (χ1v) is 7.10. The van der Waals surface area contributed by atoms with Gasteiger partial charge in [-0.3, -0.25) is 0 Å². The first-order chi connectivity index (χ1) is 4.64. The van der Waals surface area contributed by atoms with Crippen LogP contribution in [0.5, 0.6) is 0 Å². The summed E-state index contributed by atoms with van der Waals surface area (Å²) in [7, 11) is 5.36. The van der Waals surface area contributed by atoms with Gasteiger partial charge in [0.2, 0.25) is 0 Å². The highest BCUT2D eigenvalue weighted by molar-refractivity contribution is 8.57. The molecular formula is C5H10BO2PS. The molecule has 0 saturated carbocycles. The molecule has 1 fully saturated rings. The molecule has 2 nitrogen and oxygen atoms in total. The highest BCUT2D eigenvalue weighted by Crippen LogP contribution is 2.58. The van der Waals surface area contributed by atoms with Crippen molar-refractivity contribution in [1.82, 2.24) is 0 Å². The van der Waals surface area contributed by atoms with Crippen molar-refractivity contribution in [3.05, 3.63) is 0 Å². The van der Waals surface area contributed by atoms with Crippen LogP contribution < -0.4 is 0 Å². The lowest BCUT2D eigenvalue weighted by Crippen LogP contribution is -2.19. The second-order valence-electron chi connectivity index (χ2n) is 2.46. The van der Waals surface area contributed by atoms with Crippen LogP contribution in [0.2, 0.25) is 6.32 Å². The summed E-state index contributed by atoms with van der Waals surface area (Å²) in [6.07, 6.45) is -0.958. The molecule has 0 amide bonds. The lowest BCUT2D eigenvalue weighted by Gasteiger charge is -2.25. The molecule has 5 heteroatoms. The Bertz CT molecular complexity index is 152. The Morgan fingerprint density at radius 3 is 3.00 bits per heavy atom. The summed E-state index contributed by atoms with van der Waals surface area (Å²) >= 11 is 1.50. The zero-order chi connectivity index (χ0) is 7.61. The Morgan fingerprint density at radius 2 is 2.60 bits per heavy atom. The minimum Gasteiger partial charge on any atom is -0.370 e. The summed E-state index contributed by atoms with van der Waals surface area (Å²) in [6.45, 7) is 1.75. The summed E-state index contributed by atoms with van der Waals surface area (Å²) < 4.78 is 16.5. The second kappa shape index (κ2) is 3.33. The van der Waals surface area contributed by atoms with Gasteiger partial charge in [-0.05, 0) is 0 Å². The van der Waals surface area contributed by atoms with Crippen molar-refractivity contribution in [3.8, 4) is 0 Å². The number of hydrogen-bond acceptors (Lipinski definition) is 3. The Morgan fingerprint density at radius 1 is 1.90 bits per heavy atom. The Hall–Kier alpha value is 0.605. The van der Waals surface area contributed by atoms with Crippen LogP contribution in [-0.4, -0.2) is 32.7 Å². The molecule has 56 valence electrons. The minimum absolute atomic E-state index is 0.118. The van der Waals surface area contributed by atoms with Crippen molar-refractivity contribution in [3.63, 3.8) is 0 Å². The van der Waals surface area contributed by atoms with Crippen molar-refractivity contribution >= 4 is 25.6 Å². The molecule has 0 aromatic carbocycles. The van der Waals surface area contributed by atoms with E-state index in [1.165, 1.54) is 11.4 Å². The molecule has 1 saturated heterocycles. The maximum Gasteiger partial charge on any atom is 0.160 e. The van der Waals surface area contributed by atoms with Gasteiger partial charge in [0.25, 0.3) is 0 Å². The Balaban J connectivity index is 2.38. The maximum atomic E-state index is 11.3. The molecule has 0 aromatic rings. The van der Waals surface area contributed by atoms with E-state index in [0.717, 1.165) is 5.75 Å². The monoisotopic (exact) mass is 176 g/mol. The molecule has 2 radical (unpaired) electrons. The predicted octanol–water partition coefficient (Wildman–Crippen LogP) is 1.57. The standard InChI is InChI=1S/C5H10BO2PS/c1-9(7)4-8-5(2-6)3-10-9/h5H,2-4H2,1H3. The van der Waals surface area contributed by atoms with E-state index >= 15 is 0 Å². The predicted molar refractivity (Wildman–Crippen MR) is 46.3 cm³/mol. The molecule has 1 aliphatic rings. The van der Waals surface area contributed by atoms with E-state index in [-0.39, 0.29) is 6.10 Å². The summed E-state index contributed by atoms with van der Waals surface area (Å²) in [5, 5.41) is 0. The van der Waals surface area contributed by atoms with E-state index in [1.54, 1.807) is 6.66 Å². The molecule has 0 spiro atoms. The third-order valence-electron chi connectivity index (χ3n) is 1.34. The van der Waals surface area contributed by atoms with E-state index in [1.807, 2.05) is 0 Å². The molecule has 10 heavy (non-hydrogen) atoms. The summed E-state index contributed by atoms with van der Waals surface area (Å²) in [6, 6.07) is 0. The molecule has 0 aliphatic carbocycles. The lowest BCUT2D eigenvalue weighted by atomic mass is 10.0. The largest absolute Gasteiger partial charge is 0.370 e. The van der Waals surface area contributed by atoms with E-state index in [9.17, 15) is 4.57 Å². The number of ether oxygens (including phenoxy) is 1. The van der Waals surface area contributed by atoms with Crippen molar-refractivity contribution in [2.24, 2.45) is 0 Å². The quantitative estimate of drug-likeness (QED) is 0.448. The Labute approximate surface area is 66.6 Å². The zero-order valence-electron chi connectivity index (χ0n) is 5.95. The molecule has 1 aliphatic heterocycles. The average molecular weight is 176 g/mol. The van der Waals surface area contributed by atoms with E-state index in [0.29, 0.717) is 12.7 Å². The maximum absolute atomic E-state index is 11.3. The lowest BCUT2D eigenvalue weighted by molar-refractivity contribution is 0.117. The van der Waals surface area contributed by atoms with Crippen LogP contribution in [-0.2, 0) is 9.30 Å². The molecule has 1 heterocycles. The molecule has 0 bridgehead atoms. The van der Waals surface area contributed by atoms with E-state index < -0.39 is 6.34 Å². The van der Waals surface area contributed by atoms with Crippen LogP contribution in [0.15, 0.2) is 0 Å². The molecule has 0 aromatic heterocycles. The summed E-state index contributed by atoms with van der Waals surface area (Å²) in [4.78, 5) is 0. The third-order valence-corrected chi connectivity index (χ3v) is 5.43. The van der Waals surface area contributed by atoms with Gasteiger partial charge in [0.1, 0.15) is 6.35 Å². The number of rotatable bonds is 1. The highest BCUT2D eigenvalue weighted by atomic mass is 32.7. The normalized spacial score (nSPS) is 41.5. The van der Waals surface area contributed by atoms with Gasteiger partial charge in [-0.2, -0.15) is 0 Å². The van der Waals surface area contributed by atoms with Gasteiger partial charge in [0.05, 0.1) is 14.0 Å². The van der Waals surface area contributed by atoms with Crippen LogP contribution in [0.25, 0.3) is 0 Å². The van der Waals surface area contributed by atoms with Crippen LogP contribution in [0.3, 0.4) is 0 Å². The van der Waals surface area contributed by atoms with Gasteiger partial charge in [0.15, 0.2) is 6.34 Å². The topological polar surface area (TPSA) is 26.3 Å². The van der Waals surface area contributed by atoms with Crippen LogP contribution >= 0.6 is 17.7 Å². The van der Waals surface area contributed by atoms with Gasteiger partial charge >= 0.3 is 0 Å². The molecule has 1 rings (SSSR count). The first kappa shape index (κ1) is 8.70. The molecule has 0 N–H and O–H groups in total. The first-order valence-electron chi connectivity index (χ1n) is 3.17. The fourth-order valence-corrected chi connectivity index (χ4v) is 3.82. The zero-order valence-corrected chi connectivity index (χ0v) is 7.66. The van der Waals surface area contributed by atoms with Gasteiger partial charge in [-0.15, -0.1) is 0 Å². The minimum atomic E-state index is -2.00. The van der Waals surface area contributed by atoms with Crippen molar-refractivity contribution in [2.45, 2.75) is 12.4 Å². The fourth-order valence-electron chi connectivity index (χ4n) is 0.703. The van der Waals surface area contributed by atoms with Gasteiger partial charge < -0.3 is 9.30 Å². The fraction of sp³-hybridized carbons (Fsp3) is 1.00. The average Bonchev–Trinajstić information content (AvgIpc) is 1.88. The molecule has 2 atom stereocenters. The highest BCUT2D eigenvalue weighted by Gasteiger charge is 2.25.